The van der Waals surface area contributed by atoms with Crippen molar-refractivity contribution in [1.29, 1.82) is 0 Å². The molecular formula is C22H19N3O. The third kappa shape index (κ3) is 2.56. The SMILES string of the molecule is C=C(N=Nc1c(O)n(CC)c2ccccc12)c1cccc2ccccc12. The van der Waals surface area contributed by atoms with Crippen LogP contribution in [0.1, 0.15) is 12.5 Å². The molecule has 0 spiro atoms. The summed E-state index contributed by atoms with van der Waals surface area (Å²) in [6.45, 7) is 6.73. The topological polar surface area (TPSA) is 49.9 Å². The Hall–Kier alpha value is -3.40. The average molecular weight is 341 g/mol. The first-order chi connectivity index (χ1) is 12.7. The molecule has 0 saturated carbocycles. The lowest BCUT2D eigenvalue weighted by molar-refractivity contribution is 0.427. The van der Waals surface area contributed by atoms with Crippen molar-refractivity contribution >= 4 is 33.1 Å². The molecular weight excluding hydrogens is 322 g/mol. The van der Waals surface area contributed by atoms with Crippen LogP contribution in [0, 0.1) is 0 Å². The maximum absolute atomic E-state index is 10.5. The van der Waals surface area contributed by atoms with Crippen LogP contribution in [0.25, 0.3) is 27.4 Å². The molecule has 1 N–H and O–H groups in total. The van der Waals surface area contributed by atoms with E-state index in [2.05, 4.69) is 28.9 Å². The smallest absolute Gasteiger partial charge is 0.220 e. The van der Waals surface area contributed by atoms with Gasteiger partial charge in [-0.2, -0.15) is 5.11 Å². The molecule has 0 saturated heterocycles. The number of hydrogen-bond donors (Lipinski definition) is 1. The van der Waals surface area contributed by atoms with Gasteiger partial charge in [-0.1, -0.05) is 67.2 Å². The van der Waals surface area contributed by atoms with E-state index in [-0.39, 0.29) is 5.88 Å². The lowest BCUT2D eigenvalue weighted by Gasteiger charge is -2.05. The minimum atomic E-state index is 0.128. The molecule has 3 aromatic carbocycles. The van der Waals surface area contributed by atoms with Gasteiger partial charge in [-0.25, -0.2) is 0 Å². The van der Waals surface area contributed by atoms with Crippen LogP contribution in [0.3, 0.4) is 0 Å². The molecule has 26 heavy (non-hydrogen) atoms. The zero-order valence-corrected chi connectivity index (χ0v) is 14.6. The van der Waals surface area contributed by atoms with Gasteiger partial charge in [-0.3, -0.25) is 0 Å². The van der Waals surface area contributed by atoms with Crippen molar-refractivity contribution in [2.45, 2.75) is 13.5 Å². The van der Waals surface area contributed by atoms with Gasteiger partial charge in [-0.05, 0) is 23.8 Å². The number of azo groups is 1. The minimum Gasteiger partial charge on any atom is -0.493 e. The zero-order valence-electron chi connectivity index (χ0n) is 14.6. The number of para-hydroxylation sites is 1. The number of nitrogens with zero attached hydrogens (tertiary/aromatic N) is 3. The van der Waals surface area contributed by atoms with Crippen molar-refractivity contribution in [1.82, 2.24) is 4.57 Å². The van der Waals surface area contributed by atoms with Gasteiger partial charge in [0.25, 0.3) is 0 Å². The summed E-state index contributed by atoms with van der Waals surface area (Å²) < 4.78 is 1.82. The summed E-state index contributed by atoms with van der Waals surface area (Å²) in [5.41, 5.74) is 2.92. The molecule has 0 atom stereocenters. The van der Waals surface area contributed by atoms with Crippen molar-refractivity contribution in [3.63, 3.8) is 0 Å². The number of hydrogen-bond acceptors (Lipinski definition) is 3. The fourth-order valence-corrected chi connectivity index (χ4v) is 3.33. The molecule has 0 radical (unpaired) electrons. The van der Waals surface area contributed by atoms with Crippen LogP contribution in [-0.2, 0) is 6.54 Å². The second-order valence-corrected chi connectivity index (χ2v) is 6.11. The molecule has 0 bridgehead atoms. The summed E-state index contributed by atoms with van der Waals surface area (Å²) in [5.74, 6) is 0.128. The fraction of sp³-hybridized carbons (Fsp3) is 0.0909. The van der Waals surface area contributed by atoms with E-state index in [9.17, 15) is 5.11 Å². The Kier molecular flexibility index (Phi) is 4.01. The van der Waals surface area contributed by atoms with Crippen molar-refractivity contribution in [3.05, 3.63) is 78.9 Å². The number of fused-ring (bicyclic) bond motifs is 2. The lowest BCUT2D eigenvalue weighted by atomic mass is 10.0. The van der Waals surface area contributed by atoms with Gasteiger partial charge in [-0.15, -0.1) is 5.11 Å². The van der Waals surface area contributed by atoms with Crippen LogP contribution in [0.5, 0.6) is 5.88 Å². The second kappa shape index (κ2) is 6.48. The van der Waals surface area contributed by atoms with E-state index in [1.54, 1.807) is 0 Å². The number of benzene rings is 3. The Bertz CT molecular complexity index is 1150. The standard InChI is InChI=1S/C22H19N3O/c1-3-25-20-14-7-6-12-19(20)21(22(25)26)24-23-15(2)17-13-8-10-16-9-4-5-11-18(16)17/h4-14,26H,2-3H2,1H3. The maximum Gasteiger partial charge on any atom is 0.220 e. The van der Waals surface area contributed by atoms with Crippen LogP contribution < -0.4 is 0 Å². The molecule has 128 valence electrons. The van der Waals surface area contributed by atoms with E-state index >= 15 is 0 Å². The number of aryl methyl sites for hydroxylation is 1. The summed E-state index contributed by atoms with van der Waals surface area (Å²) in [6.07, 6.45) is 0. The second-order valence-electron chi connectivity index (χ2n) is 6.11. The van der Waals surface area contributed by atoms with Crippen LogP contribution in [0.2, 0.25) is 0 Å². The lowest BCUT2D eigenvalue weighted by Crippen LogP contribution is -1.91. The molecule has 4 aromatic rings. The van der Waals surface area contributed by atoms with Crippen LogP contribution >= 0.6 is 0 Å². The van der Waals surface area contributed by atoms with E-state index in [0.29, 0.717) is 17.9 Å². The van der Waals surface area contributed by atoms with Gasteiger partial charge >= 0.3 is 0 Å². The highest BCUT2D eigenvalue weighted by atomic mass is 16.3. The van der Waals surface area contributed by atoms with Gasteiger partial charge < -0.3 is 9.67 Å². The predicted octanol–water partition coefficient (Wildman–Crippen LogP) is 6.27. The molecule has 0 amide bonds. The normalized spacial score (nSPS) is 11.6. The number of aromatic nitrogens is 1. The van der Waals surface area contributed by atoms with Crippen molar-refractivity contribution < 1.29 is 5.11 Å². The van der Waals surface area contributed by atoms with Gasteiger partial charge in [0.15, 0.2) is 5.69 Å². The van der Waals surface area contributed by atoms with Crippen LogP contribution in [0.4, 0.5) is 5.69 Å². The quantitative estimate of drug-likeness (QED) is 0.437. The molecule has 4 nitrogen and oxygen atoms in total. The van der Waals surface area contributed by atoms with Gasteiger partial charge in [0.05, 0.1) is 11.2 Å². The molecule has 0 fully saturated rings. The highest BCUT2D eigenvalue weighted by Crippen LogP contribution is 2.39. The Morgan fingerprint density at radius 3 is 2.46 bits per heavy atom. The Morgan fingerprint density at radius 2 is 1.65 bits per heavy atom. The van der Waals surface area contributed by atoms with Gasteiger partial charge in [0.2, 0.25) is 5.88 Å². The largest absolute Gasteiger partial charge is 0.493 e. The summed E-state index contributed by atoms with van der Waals surface area (Å²) in [4.78, 5) is 0. The summed E-state index contributed by atoms with van der Waals surface area (Å²) in [6, 6.07) is 21.9. The van der Waals surface area contributed by atoms with Gasteiger partial charge in [0.1, 0.15) is 0 Å². The Morgan fingerprint density at radius 1 is 0.962 bits per heavy atom. The maximum atomic E-state index is 10.5. The van der Waals surface area contributed by atoms with Crippen molar-refractivity contribution in [3.8, 4) is 5.88 Å². The van der Waals surface area contributed by atoms with Crippen molar-refractivity contribution in [2.24, 2.45) is 10.2 Å². The molecule has 0 aliphatic rings. The van der Waals surface area contributed by atoms with Crippen molar-refractivity contribution in [2.75, 3.05) is 0 Å². The highest BCUT2D eigenvalue weighted by Gasteiger charge is 2.15. The van der Waals surface area contributed by atoms with Crippen LogP contribution in [-0.4, -0.2) is 9.67 Å². The summed E-state index contributed by atoms with van der Waals surface area (Å²) in [5, 5.41) is 22.3. The monoisotopic (exact) mass is 341 g/mol. The minimum absolute atomic E-state index is 0.128. The predicted molar refractivity (Wildman–Crippen MR) is 107 cm³/mol. The summed E-state index contributed by atoms with van der Waals surface area (Å²) >= 11 is 0. The first kappa shape index (κ1) is 16.1. The summed E-state index contributed by atoms with van der Waals surface area (Å²) in [7, 11) is 0. The first-order valence-corrected chi connectivity index (χ1v) is 8.59. The number of aromatic hydroxyl groups is 1. The molecule has 1 heterocycles. The third-order valence-electron chi connectivity index (χ3n) is 4.60. The van der Waals surface area contributed by atoms with E-state index in [1.165, 1.54) is 0 Å². The number of rotatable bonds is 4. The Balaban J connectivity index is 1.78. The van der Waals surface area contributed by atoms with E-state index in [4.69, 9.17) is 0 Å². The average Bonchev–Trinajstić information content (AvgIpc) is 2.96. The van der Waals surface area contributed by atoms with E-state index in [0.717, 1.165) is 27.2 Å². The third-order valence-corrected chi connectivity index (χ3v) is 4.60. The first-order valence-electron chi connectivity index (χ1n) is 8.59. The molecule has 0 unspecified atom stereocenters. The van der Waals surface area contributed by atoms with E-state index < -0.39 is 0 Å². The molecule has 1 aromatic heterocycles. The zero-order chi connectivity index (χ0) is 18.1. The fourth-order valence-electron chi connectivity index (χ4n) is 3.33. The van der Waals surface area contributed by atoms with Gasteiger partial charge in [0, 0.05) is 17.5 Å². The molecule has 4 heteroatoms. The highest BCUT2D eigenvalue weighted by molar-refractivity contribution is 5.96. The Labute approximate surface area is 151 Å². The van der Waals surface area contributed by atoms with E-state index in [1.807, 2.05) is 66.1 Å². The molecule has 0 aliphatic carbocycles. The molecule has 4 rings (SSSR count). The molecule has 0 aliphatic heterocycles. The van der Waals surface area contributed by atoms with Crippen LogP contribution in [0.15, 0.2) is 83.5 Å².